The lowest BCUT2D eigenvalue weighted by molar-refractivity contribution is 0.299. The third-order valence-electron chi connectivity index (χ3n) is 3.03. The third-order valence-corrected chi connectivity index (χ3v) is 3.03. The van der Waals surface area contributed by atoms with Crippen molar-refractivity contribution in [3.63, 3.8) is 0 Å². The molecule has 0 saturated carbocycles. The largest absolute Gasteiger partial charge is 0.489 e. The first kappa shape index (κ1) is 15.5. The molecular weight excluding hydrogens is 276 g/mol. The number of halogens is 2. The van der Waals surface area contributed by atoms with E-state index in [1.54, 1.807) is 0 Å². The van der Waals surface area contributed by atoms with Gasteiger partial charge < -0.3 is 14.5 Å². The molecule has 2 aromatic rings. The first-order valence-corrected chi connectivity index (χ1v) is 6.96. The van der Waals surface area contributed by atoms with E-state index < -0.39 is 11.6 Å². The van der Waals surface area contributed by atoms with Gasteiger partial charge in [0.25, 0.3) is 0 Å². The summed E-state index contributed by atoms with van der Waals surface area (Å²) in [4.78, 5) is 0. The van der Waals surface area contributed by atoms with E-state index in [1.165, 1.54) is 0 Å². The molecular formula is C16H19F2NO2. The highest BCUT2D eigenvalue weighted by Crippen LogP contribution is 2.20. The third kappa shape index (κ3) is 4.56. The quantitative estimate of drug-likeness (QED) is 0.786. The van der Waals surface area contributed by atoms with Crippen molar-refractivity contribution in [2.24, 2.45) is 0 Å². The summed E-state index contributed by atoms with van der Waals surface area (Å²) < 4.78 is 37.1. The van der Waals surface area contributed by atoms with Crippen LogP contribution in [0.15, 0.2) is 28.7 Å². The van der Waals surface area contributed by atoms with Gasteiger partial charge in [0.15, 0.2) is 0 Å². The van der Waals surface area contributed by atoms with Gasteiger partial charge in [0.1, 0.15) is 35.5 Å². The normalized spacial score (nSPS) is 10.9. The predicted octanol–water partition coefficient (Wildman–Crippen LogP) is 3.94. The maximum absolute atomic E-state index is 13.1. The number of aryl methyl sites for hydroxylation is 1. The van der Waals surface area contributed by atoms with Gasteiger partial charge in [-0.1, -0.05) is 6.92 Å². The van der Waals surface area contributed by atoms with E-state index in [2.05, 4.69) is 12.2 Å². The molecule has 0 radical (unpaired) electrons. The van der Waals surface area contributed by atoms with Crippen molar-refractivity contribution < 1.29 is 17.9 Å². The highest BCUT2D eigenvalue weighted by atomic mass is 19.1. The summed E-state index contributed by atoms with van der Waals surface area (Å²) in [5.41, 5.74) is 0.868. The van der Waals surface area contributed by atoms with Gasteiger partial charge in [0, 0.05) is 23.8 Å². The Morgan fingerprint density at radius 2 is 1.86 bits per heavy atom. The fourth-order valence-electron chi connectivity index (χ4n) is 1.98. The zero-order chi connectivity index (χ0) is 15.2. The van der Waals surface area contributed by atoms with Crippen LogP contribution in [0.1, 0.15) is 30.4 Å². The van der Waals surface area contributed by atoms with Gasteiger partial charge in [-0.3, -0.25) is 0 Å². The first-order chi connectivity index (χ1) is 10.1. The molecule has 0 aliphatic heterocycles. The molecule has 21 heavy (non-hydrogen) atoms. The van der Waals surface area contributed by atoms with Crippen molar-refractivity contribution in [2.75, 3.05) is 6.54 Å². The molecule has 0 spiro atoms. The Balaban J connectivity index is 1.96. The van der Waals surface area contributed by atoms with Crippen LogP contribution in [0.2, 0.25) is 0 Å². The van der Waals surface area contributed by atoms with Crippen molar-refractivity contribution in [3.8, 4) is 5.75 Å². The summed E-state index contributed by atoms with van der Waals surface area (Å²) in [6.45, 7) is 5.73. The van der Waals surface area contributed by atoms with E-state index in [0.29, 0.717) is 6.54 Å². The van der Waals surface area contributed by atoms with E-state index in [4.69, 9.17) is 9.15 Å². The molecule has 0 aliphatic rings. The minimum atomic E-state index is -0.654. The van der Waals surface area contributed by atoms with Crippen molar-refractivity contribution in [2.45, 2.75) is 33.4 Å². The van der Waals surface area contributed by atoms with Crippen molar-refractivity contribution in [3.05, 3.63) is 53.0 Å². The number of nitrogens with one attached hydrogen (secondary N) is 1. The van der Waals surface area contributed by atoms with Crippen molar-refractivity contribution in [1.82, 2.24) is 5.32 Å². The molecule has 114 valence electrons. The van der Waals surface area contributed by atoms with Gasteiger partial charge in [0.05, 0.1) is 6.54 Å². The van der Waals surface area contributed by atoms with E-state index in [0.717, 1.165) is 48.2 Å². The van der Waals surface area contributed by atoms with Crippen LogP contribution in [0.5, 0.6) is 5.75 Å². The summed E-state index contributed by atoms with van der Waals surface area (Å²) in [7, 11) is 0. The zero-order valence-corrected chi connectivity index (χ0v) is 12.2. The maximum Gasteiger partial charge on any atom is 0.129 e. The minimum absolute atomic E-state index is 0.166. The predicted molar refractivity (Wildman–Crippen MR) is 76.1 cm³/mol. The van der Waals surface area contributed by atoms with Gasteiger partial charge in [-0.2, -0.15) is 0 Å². The van der Waals surface area contributed by atoms with Crippen molar-refractivity contribution >= 4 is 0 Å². The molecule has 1 aromatic carbocycles. The van der Waals surface area contributed by atoms with Crippen LogP contribution in [0.4, 0.5) is 8.78 Å². The molecule has 2 rings (SSSR count). The second-order valence-corrected chi connectivity index (χ2v) is 4.86. The summed E-state index contributed by atoms with van der Waals surface area (Å²) >= 11 is 0. The number of ether oxygens (including phenoxy) is 1. The average Bonchev–Trinajstić information content (AvgIpc) is 2.76. The monoisotopic (exact) mass is 295 g/mol. The molecule has 0 saturated heterocycles. The molecule has 3 nitrogen and oxygen atoms in total. The topological polar surface area (TPSA) is 34.4 Å². The first-order valence-electron chi connectivity index (χ1n) is 6.96. The van der Waals surface area contributed by atoms with Crippen LogP contribution in [0.3, 0.4) is 0 Å². The van der Waals surface area contributed by atoms with Gasteiger partial charge in [0.2, 0.25) is 0 Å². The summed E-state index contributed by atoms with van der Waals surface area (Å²) in [5, 5.41) is 3.25. The van der Waals surface area contributed by atoms with Gasteiger partial charge >= 0.3 is 0 Å². The highest BCUT2D eigenvalue weighted by molar-refractivity contribution is 5.25. The van der Waals surface area contributed by atoms with Gasteiger partial charge in [-0.25, -0.2) is 8.78 Å². The molecule has 0 unspecified atom stereocenters. The maximum atomic E-state index is 13.1. The second-order valence-electron chi connectivity index (χ2n) is 4.86. The standard InChI is InChI=1S/C16H19F2NO2/c1-3-4-19-9-16-5-12(11(2)21-16)10-20-15-7-13(17)6-14(18)8-15/h5-8,19H,3-4,9-10H2,1-2H3. The molecule has 0 amide bonds. The Hall–Kier alpha value is -1.88. The summed E-state index contributed by atoms with van der Waals surface area (Å²) in [6.07, 6.45) is 1.06. The number of hydrogen-bond acceptors (Lipinski definition) is 3. The van der Waals surface area contributed by atoms with E-state index in [-0.39, 0.29) is 12.4 Å². The fraction of sp³-hybridized carbons (Fsp3) is 0.375. The SMILES string of the molecule is CCCNCc1cc(COc2cc(F)cc(F)c2)c(C)o1. The van der Waals surface area contributed by atoms with Crippen molar-refractivity contribution in [1.29, 1.82) is 0 Å². The molecule has 0 aliphatic carbocycles. The number of hydrogen-bond donors (Lipinski definition) is 1. The highest BCUT2D eigenvalue weighted by Gasteiger charge is 2.09. The lowest BCUT2D eigenvalue weighted by Crippen LogP contribution is -2.13. The number of furan rings is 1. The van der Waals surface area contributed by atoms with Gasteiger partial charge in [-0.15, -0.1) is 0 Å². The van der Waals surface area contributed by atoms with E-state index >= 15 is 0 Å². The van der Waals surface area contributed by atoms with Crippen LogP contribution in [-0.4, -0.2) is 6.54 Å². The van der Waals surface area contributed by atoms with Crippen LogP contribution in [-0.2, 0) is 13.2 Å². The number of benzene rings is 1. The number of rotatable bonds is 7. The molecule has 0 fully saturated rings. The second kappa shape index (κ2) is 7.22. The average molecular weight is 295 g/mol. The van der Waals surface area contributed by atoms with Crippen LogP contribution in [0, 0.1) is 18.6 Å². The van der Waals surface area contributed by atoms with Crippen LogP contribution in [0.25, 0.3) is 0 Å². The molecule has 5 heteroatoms. The zero-order valence-electron chi connectivity index (χ0n) is 12.2. The summed E-state index contributed by atoms with van der Waals surface area (Å²) in [6, 6.07) is 5.02. The Bertz CT molecular complexity index is 576. The molecule has 0 bridgehead atoms. The smallest absolute Gasteiger partial charge is 0.129 e. The molecule has 1 N–H and O–H groups in total. The van der Waals surface area contributed by atoms with E-state index in [1.807, 2.05) is 13.0 Å². The molecule has 1 aromatic heterocycles. The summed E-state index contributed by atoms with van der Waals surface area (Å²) in [5.74, 6) is 0.431. The Labute approximate surface area is 122 Å². The van der Waals surface area contributed by atoms with Crippen LogP contribution < -0.4 is 10.1 Å². The van der Waals surface area contributed by atoms with Crippen LogP contribution >= 0.6 is 0 Å². The molecule has 1 heterocycles. The molecule has 0 atom stereocenters. The minimum Gasteiger partial charge on any atom is -0.489 e. The lowest BCUT2D eigenvalue weighted by Gasteiger charge is -2.05. The lowest BCUT2D eigenvalue weighted by atomic mass is 10.2. The Morgan fingerprint density at radius 3 is 2.52 bits per heavy atom. The fourth-order valence-corrected chi connectivity index (χ4v) is 1.98. The van der Waals surface area contributed by atoms with E-state index in [9.17, 15) is 8.78 Å². The van der Waals surface area contributed by atoms with Gasteiger partial charge in [-0.05, 0) is 26.0 Å². The Morgan fingerprint density at radius 1 is 1.14 bits per heavy atom. The Kier molecular flexibility index (Phi) is 5.33.